The molecule has 1 rings (SSSR count). The number of aromatic nitrogens is 1. The highest BCUT2D eigenvalue weighted by molar-refractivity contribution is 5.74. The van der Waals surface area contributed by atoms with Crippen molar-refractivity contribution in [1.29, 1.82) is 0 Å². The van der Waals surface area contributed by atoms with Crippen LogP contribution in [0.4, 0.5) is 4.79 Å². The quantitative estimate of drug-likeness (QED) is 0.730. The number of carbonyl (C=O) groups is 1. The molecule has 6 heteroatoms. The number of aliphatic hydroxyl groups excluding tert-OH is 1. The second-order valence-corrected chi connectivity index (χ2v) is 4.44. The first-order valence-corrected chi connectivity index (χ1v) is 6.65. The molecule has 0 atom stereocenters. The molecule has 1 aromatic rings. The summed E-state index contributed by atoms with van der Waals surface area (Å²) < 4.78 is 5.09. The van der Waals surface area contributed by atoms with Crippen molar-refractivity contribution in [3.8, 4) is 0 Å². The van der Waals surface area contributed by atoms with E-state index >= 15 is 0 Å². The van der Waals surface area contributed by atoms with E-state index < -0.39 is 0 Å². The Labute approximate surface area is 113 Å². The molecule has 0 unspecified atom stereocenters. The van der Waals surface area contributed by atoms with Crippen molar-refractivity contribution >= 4 is 6.03 Å². The number of urea groups is 1. The fourth-order valence-electron chi connectivity index (χ4n) is 1.96. The SMILES string of the molecule is CCN(CCO)C(=O)NCCCc1c(C)noc1C. The van der Waals surface area contributed by atoms with E-state index in [-0.39, 0.29) is 12.6 Å². The minimum absolute atomic E-state index is 0.0136. The van der Waals surface area contributed by atoms with E-state index in [1.54, 1.807) is 4.90 Å². The zero-order chi connectivity index (χ0) is 14.3. The lowest BCUT2D eigenvalue weighted by molar-refractivity contribution is 0.180. The fraction of sp³-hybridized carbons (Fsp3) is 0.692. The Hall–Kier alpha value is -1.56. The van der Waals surface area contributed by atoms with Gasteiger partial charge in [0.25, 0.3) is 0 Å². The number of hydrogen-bond donors (Lipinski definition) is 2. The van der Waals surface area contributed by atoms with Gasteiger partial charge in [-0.15, -0.1) is 0 Å². The van der Waals surface area contributed by atoms with E-state index in [0.717, 1.165) is 29.9 Å². The van der Waals surface area contributed by atoms with Crippen LogP contribution >= 0.6 is 0 Å². The number of aryl methyl sites for hydroxylation is 2. The van der Waals surface area contributed by atoms with E-state index in [1.807, 2.05) is 20.8 Å². The number of nitrogens with one attached hydrogen (secondary N) is 1. The Morgan fingerprint density at radius 1 is 1.47 bits per heavy atom. The summed E-state index contributed by atoms with van der Waals surface area (Å²) in [4.78, 5) is 13.3. The van der Waals surface area contributed by atoms with Crippen LogP contribution in [0.3, 0.4) is 0 Å². The average Bonchev–Trinajstić information content (AvgIpc) is 2.71. The van der Waals surface area contributed by atoms with E-state index in [2.05, 4.69) is 10.5 Å². The summed E-state index contributed by atoms with van der Waals surface area (Å²) >= 11 is 0. The summed E-state index contributed by atoms with van der Waals surface area (Å²) in [6.07, 6.45) is 1.68. The molecular weight excluding hydrogens is 246 g/mol. The first kappa shape index (κ1) is 15.5. The van der Waals surface area contributed by atoms with Gasteiger partial charge in [0, 0.05) is 25.2 Å². The van der Waals surface area contributed by atoms with Gasteiger partial charge in [-0.3, -0.25) is 0 Å². The third-order valence-electron chi connectivity index (χ3n) is 3.10. The van der Waals surface area contributed by atoms with Gasteiger partial charge in [0.05, 0.1) is 12.3 Å². The summed E-state index contributed by atoms with van der Waals surface area (Å²) in [6.45, 7) is 7.26. The van der Waals surface area contributed by atoms with Crippen LogP contribution in [0, 0.1) is 13.8 Å². The minimum Gasteiger partial charge on any atom is -0.395 e. The standard InChI is InChI=1S/C13H23N3O3/c1-4-16(8-9-17)13(18)14-7-5-6-12-10(2)15-19-11(12)3/h17H,4-9H2,1-3H3,(H,14,18). The van der Waals surface area contributed by atoms with Crippen molar-refractivity contribution < 1.29 is 14.4 Å². The van der Waals surface area contributed by atoms with Crippen molar-refractivity contribution in [2.75, 3.05) is 26.2 Å². The molecule has 0 bridgehead atoms. The summed E-state index contributed by atoms with van der Waals surface area (Å²) in [5, 5.41) is 15.6. The molecule has 2 N–H and O–H groups in total. The molecule has 1 aromatic heterocycles. The molecule has 1 heterocycles. The molecule has 0 radical (unpaired) electrons. The molecule has 0 saturated heterocycles. The maximum Gasteiger partial charge on any atom is 0.317 e. The fourth-order valence-corrected chi connectivity index (χ4v) is 1.96. The van der Waals surface area contributed by atoms with E-state index in [9.17, 15) is 4.79 Å². The number of aliphatic hydroxyl groups is 1. The highest BCUT2D eigenvalue weighted by atomic mass is 16.5. The highest BCUT2D eigenvalue weighted by Crippen LogP contribution is 2.13. The Morgan fingerprint density at radius 2 is 2.21 bits per heavy atom. The molecule has 108 valence electrons. The van der Waals surface area contributed by atoms with Crippen molar-refractivity contribution in [1.82, 2.24) is 15.4 Å². The van der Waals surface area contributed by atoms with Crippen LogP contribution in [-0.2, 0) is 6.42 Å². The second-order valence-electron chi connectivity index (χ2n) is 4.44. The number of hydrogen-bond acceptors (Lipinski definition) is 4. The van der Waals surface area contributed by atoms with Crippen molar-refractivity contribution in [2.45, 2.75) is 33.6 Å². The first-order valence-electron chi connectivity index (χ1n) is 6.65. The van der Waals surface area contributed by atoms with Crippen LogP contribution in [0.5, 0.6) is 0 Å². The smallest absolute Gasteiger partial charge is 0.317 e. The molecule has 19 heavy (non-hydrogen) atoms. The van der Waals surface area contributed by atoms with Gasteiger partial charge in [-0.25, -0.2) is 4.79 Å². The lowest BCUT2D eigenvalue weighted by Gasteiger charge is -2.20. The number of nitrogens with zero attached hydrogens (tertiary/aromatic N) is 2. The van der Waals surface area contributed by atoms with E-state index in [0.29, 0.717) is 19.6 Å². The summed E-state index contributed by atoms with van der Waals surface area (Å²) in [6, 6.07) is -0.129. The largest absolute Gasteiger partial charge is 0.395 e. The van der Waals surface area contributed by atoms with Gasteiger partial charge in [0.15, 0.2) is 0 Å². The van der Waals surface area contributed by atoms with Crippen LogP contribution in [0.25, 0.3) is 0 Å². The van der Waals surface area contributed by atoms with Crippen molar-refractivity contribution in [2.24, 2.45) is 0 Å². The highest BCUT2D eigenvalue weighted by Gasteiger charge is 2.11. The van der Waals surface area contributed by atoms with Crippen molar-refractivity contribution in [3.63, 3.8) is 0 Å². The molecule has 0 aliphatic rings. The number of carbonyl (C=O) groups excluding carboxylic acids is 1. The average molecular weight is 269 g/mol. The zero-order valence-electron chi connectivity index (χ0n) is 11.9. The molecule has 6 nitrogen and oxygen atoms in total. The first-order chi connectivity index (χ1) is 9.10. The topological polar surface area (TPSA) is 78.6 Å². The van der Waals surface area contributed by atoms with Gasteiger partial charge in [0.1, 0.15) is 5.76 Å². The lowest BCUT2D eigenvalue weighted by atomic mass is 10.1. The number of amides is 2. The minimum atomic E-state index is -0.129. The number of likely N-dealkylation sites (N-methyl/N-ethyl adjacent to an activating group) is 1. The monoisotopic (exact) mass is 269 g/mol. The van der Waals surface area contributed by atoms with Crippen molar-refractivity contribution in [3.05, 3.63) is 17.0 Å². The van der Waals surface area contributed by atoms with Gasteiger partial charge < -0.3 is 19.8 Å². The third kappa shape index (κ3) is 4.55. The molecule has 0 fully saturated rings. The molecule has 0 spiro atoms. The van der Waals surface area contributed by atoms with Crippen LogP contribution in [0.1, 0.15) is 30.4 Å². The molecule has 0 aromatic carbocycles. The van der Waals surface area contributed by atoms with Crippen LogP contribution in [0.15, 0.2) is 4.52 Å². The molecule has 0 aliphatic heterocycles. The second kappa shape index (κ2) is 7.78. The Bertz CT molecular complexity index is 384. The Balaban J connectivity index is 2.29. The number of rotatable bonds is 7. The zero-order valence-corrected chi connectivity index (χ0v) is 11.9. The van der Waals surface area contributed by atoms with E-state index in [1.165, 1.54) is 0 Å². The van der Waals surface area contributed by atoms with E-state index in [4.69, 9.17) is 9.63 Å². The molecule has 0 aliphatic carbocycles. The van der Waals surface area contributed by atoms with Gasteiger partial charge in [0.2, 0.25) is 0 Å². The van der Waals surface area contributed by atoms with Gasteiger partial charge >= 0.3 is 6.03 Å². The van der Waals surface area contributed by atoms with Crippen LogP contribution in [-0.4, -0.2) is 47.4 Å². The third-order valence-corrected chi connectivity index (χ3v) is 3.10. The maximum absolute atomic E-state index is 11.7. The van der Waals surface area contributed by atoms with Gasteiger partial charge in [-0.1, -0.05) is 5.16 Å². The molecule has 0 saturated carbocycles. The normalized spacial score (nSPS) is 10.5. The maximum atomic E-state index is 11.7. The molecule has 2 amide bonds. The summed E-state index contributed by atoms with van der Waals surface area (Å²) in [7, 11) is 0. The Kier molecular flexibility index (Phi) is 6.35. The predicted octanol–water partition coefficient (Wildman–Crippen LogP) is 1.25. The summed E-state index contributed by atoms with van der Waals surface area (Å²) in [5.74, 6) is 0.847. The molecular formula is C13H23N3O3. The summed E-state index contributed by atoms with van der Waals surface area (Å²) in [5.41, 5.74) is 2.04. The van der Waals surface area contributed by atoms with Crippen LogP contribution < -0.4 is 5.32 Å². The van der Waals surface area contributed by atoms with Crippen LogP contribution in [0.2, 0.25) is 0 Å². The van der Waals surface area contributed by atoms with Gasteiger partial charge in [-0.2, -0.15) is 0 Å². The van der Waals surface area contributed by atoms with Gasteiger partial charge in [-0.05, 0) is 33.6 Å². The lowest BCUT2D eigenvalue weighted by Crippen LogP contribution is -2.41. The predicted molar refractivity (Wildman–Crippen MR) is 72.0 cm³/mol. The Morgan fingerprint density at radius 3 is 2.74 bits per heavy atom.